The number of non-ortho nitro benzene ring substituents is 1. The molecule has 0 fully saturated rings. The van der Waals surface area contributed by atoms with E-state index in [1.54, 1.807) is 24.3 Å². The number of benzene rings is 2. The molecule has 1 amide bonds. The number of hydrogen-bond acceptors (Lipinski definition) is 4. The molecule has 3 rings (SSSR count). The summed E-state index contributed by atoms with van der Waals surface area (Å²) in [4.78, 5) is 26.3. The van der Waals surface area contributed by atoms with E-state index in [1.807, 2.05) is 23.6 Å². The molecular formula is C17H16N4O3. The van der Waals surface area contributed by atoms with Gasteiger partial charge >= 0.3 is 0 Å². The summed E-state index contributed by atoms with van der Waals surface area (Å²) in [6.07, 6.45) is 0. The van der Waals surface area contributed by atoms with Crippen molar-refractivity contribution in [2.24, 2.45) is 0 Å². The standard InChI is InChI=1S/C17H16N4O3/c1-3-20-16-10-14(21(23)24)8-9-15(16)19-17(20)12-4-6-13(7-5-12)18-11(2)22/h4-10H,3H2,1-2H3,(H,18,22). The van der Waals surface area contributed by atoms with E-state index >= 15 is 0 Å². The second-order valence-corrected chi connectivity index (χ2v) is 5.37. The highest BCUT2D eigenvalue weighted by molar-refractivity contribution is 5.89. The van der Waals surface area contributed by atoms with Crippen molar-refractivity contribution in [2.75, 3.05) is 5.32 Å². The van der Waals surface area contributed by atoms with Crippen LogP contribution in [0.4, 0.5) is 11.4 Å². The molecule has 0 radical (unpaired) electrons. The Bertz CT molecular complexity index is 929. The van der Waals surface area contributed by atoms with Crippen LogP contribution in [0.1, 0.15) is 13.8 Å². The van der Waals surface area contributed by atoms with Crippen LogP contribution in [0.2, 0.25) is 0 Å². The third-order valence-electron chi connectivity index (χ3n) is 3.72. The normalized spacial score (nSPS) is 10.8. The van der Waals surface area contributed by atoms with Crippen LogP contribution in [0.15, 0.2) is 42.5 Å². The summed E-state index contributed by atoms with van der Waals surface area (Å²) in [6, 6.07) is 12.0. The third-order valence-corrected chi connectivity index (χ3v) is 3.72. The number of anilines is 1. The second kappa shape index (κ2) is 6.11. The van der Waals surface area contributed by atoms with Gasteiger partial charge in [0.2, 0.25) is 5.91 Å². The number of nitrogens with one attached hydrogen (secondary N) is 1. The van der Waals surface area contributed by atoms with Crippen LogP contribution in [0.3, 0.4) is 0 Å². The molecule has 0 bridgehead atoms. The lowest BCUT2D eigenvalue weighted by Crippen LogP contribution is -2.05. The maximum atomic E-state index is 11.1. The molecule has 0 atom stereocenters. The van der Waals surface area contributed by atoms with E-state index in [2.05, 4.69) is 10.3 Å². The first-order valence-corrected chi connectivity index (χ1v) is 7.52. The number of fused-ring (bicyclic) bond motifs is 1. The first-order valence-electron chi connectivity index (χ1n) is 7.52. The average molecular weight is 324 g/mol. The Labute approximate surface area is 138 Å². The van der Waals surface area contributed by atoms with Crippen molar-refractivity contribution in [1.29, 1.82) is 0 Å². The van der Waals surface area contributed by atoms with Gasteiger partial charge in [0.1, 0.15) is 5.82 Å². The van der Waals surface area contributed by atoms with Crippen molar-refractivity contribution in [3.05, 3.63) is 52.6 Å². The molecule has 7 heteroatoms. The van der Waals surface area contributed by atoms with Gasteiger partial charge in [-0.25, -0.2) is 4.98 Å². The van der Waals surface area contributed by atoms with Crippen LogP contribution in [-0.2, 0) is 11.3 Å². The molecule has 0 saturated heterocycles. The summed E-state index contributed by atoms with van der Waals surface area (Å²) >= 11 is 0. The number of nitro groups is 1. The SMILES string of the molecule is CCn1c(-c2ccc(NC(C)=O)cc2)nc2ccc([N+](=O)[O-])cc21. The van der Waals surface area contributed by atoms with Crippen molar-refractivity contribution < 1.29 is 9.72 Å². The fourth-order valence-electron chi connectivity index (χ4n) is 2.67. The maximum absolute atomic E-state index is 11.1. The minimum absolute atomic E-state index is 0.0460. The topological polar surface area (TPSA) is 90.1 Å². The van der Waals surface area contributed by atoms with Gasteiger partial charge in [-0.05, 0) is 37.3 Å². The van der Waals surface area contributed by atoms with Gasteiger partial charge in [0.05, 0.1) is 16.0 Å². The average Bonchev–Trinajstić information content (AvgIpc) is 2.92. The monoisotopic (exact) mass is 324 g/mol. The molecule has 0 aliphatic heterocycles. The van der Waals surface area contributed by atoms with Crippen LogP contribution >= 0.6 is 0 Å². The minimum atomic E-state index is -0.408. The number of aryl methyl sites for hydroxylation is 1. The van der Waals surface area contributed by atoms with Gasteiger partial charge < -0.3 is 9.88 Å². The van der Waals surface area contributed by atoms with E-state index in [0.717, 1.165) is 16.9 Å². The van der Waals surface area contributed by atoms with E-state index in [9.17, 15) is 14.9 Å². The molecule has 122 valence electrons. The van der Waals surface area contributed by atoms with E-state index in [0.29, 0.717) is 17.7 Å². The van der Waals surface area contributed by atoms with Crippen LogP contribution < -0.4 is 5.32 Å². The largest absolute Gasteiger partial charge is 0.326 e. The highest BCUT2D eigenvalue weighted by atomic mass is 16.6. The number of imidazole rings is 1. The zero-order valence-electron chi connectivity index (χ0n) is 13.3. The van der Waals surface area contributed by atoms with Crippen molar-refractivity contribution >= 4 is 28.3 Å². The van der Waals surface area contributed by atoms with Crippen LogP contribution in [0.25, 0.3) is 22.4 Å². The summed E-state index contributed by atoms with van der Waals surface area (Å²) < 4.78 is 1.94. The number of carbonyl (C=O) groups excluding carboxylic acids is 1. The van der Waals surface area contributed by atoms with E-state index in [1.165, 1.54) is 13.0 Å². The third kappa shape index (κ3) is 2.83. The summed E-state index contributed by atoms with van der Waals surface area (Å²) in [5.41, 5.74) is 3.08. The second-order valence-electron chi connectivity index (χ2n) is 5.37. The molecule has 3 aromatic rings. The van der Waals surface area contributed by atoms with Gasteiger partial charge in [-0.3, -0.25) is 14.9 Å². The Morgan fingerprint density at radius 3 is 2.54 bits per heavy atom. The molecular weight excluding hydrogens is 308 g/mol. The fourth-order valence-corrected chi connectivity index (χ4v) is 2.67. The number of aromatic nitrogens is 2. The first-order chi connectivity index (χ1) is 11.5. The van der Waals surface area contributed by atoms with Crippen molar-refractivity contribution in [3.63, 3.8) is 0 Å². The fraction of sp³-hybridized carbons (Fsp3) is 0.176. The highest BCUT2D eigenvalue weighted by Gasteiger charge is 2.15. The van der Waals surface area contributed by atoms with E-state index in [-0.39, 0.29) is 11.6 Å². The lowest BCUT2D eigenvalue weighted by Gasteiger charge is -2.07. The van der Waals surface area contributed by atoms with Gasteiger partial charge in [-0.15, -0.1) is 0 Å². The van der Waals surface area contributed by atoms with Gasteiger partial charge in [0.15, 0.2) is 0 Å². The number of amides is 1. The quantitative estimate of drug-likeness (QED) is 0.586. The zero-order chi connectivity index (χ0) is 17.3. The van der Waals surface area contributed by atoms with Crippen LogP contribution in [0, 0.1) is 10.1 Å². The van der Waals surface area contributed by atoms with E-state index in [4.69, 9.17) is 0 Å². The van der Waals surface area contributed by atoms with Crippen LogP contribution in [-0.4, -0.2) is 20.4 Å². The maximum Gasteiger partial charge on any atom is 0.271 e. The molecule has 0 unspecified atom stereocenters. The lowest BCUT2D eigenvalue weighted by molar-refractivity contribution is -0.384. The first kappa shape index (κ1) is 15.7. The molecule has 0 saturated carbocycles. The Balaban J connectivity index is 2.08. The van der Waals surface area contributed by atoms with Crippen molar-refractivity contribution in [3.8, 4) is 11.4 Å². The van der Waals surface area contributed by atoms with Crippen molar-refractivity contribution in [2.45, 2.75) is 20.4 Å². The summed E-state index contributed by atoms with van der Waals surface area (Å²) in [5.74, 6) is 0.609. The molecule has 0 spiro atoms. The Hall–Kier alpha value is -3.22. The predicted molar refractivity (Wildman–Crippen MR) is 91.8 cm³/mol. The summed E-state index contributed by atoms with van der Waals surface area (Å²) in [7, 11) is 0. The van der Waals surface area contributed by atoms with Crippen molar-refractivity contribution in [1.82, 2.24) is 9.55 Å². The summed E-state index contributed by atoms with van der Waals surface area (Å²) in [6.45, 7) is 4.06. The van der Waals surface area contributed by atoms with Gasteiger partial charge in [0.25, 0.3) is 5.69 Å². The number of nitrogens with zero attached hydrogens (tertiary/aromatic N) is 3. The van der Waals surface area contributed by atoms with E-state index < -0.39 is 4.92 Å². The van der Waals surface area contributed by atoms with Crippen LogP contribution in [0.5, 0.6) is 0 Å². The molecule has 1 heterocycles. The Kier molecular flexibility index (Phi) is 3.99. The lowest BCUT2D eigenvalue weighted by atomic mass is 10.2. The molecule has 24 heavy (non-hydrogen) atoms. The van der Waals surface area contributed by atoms with Gasteiger partial charge in [-0.2, -0.15) is 0 Å². The summed E-state index contributed by atoms with van der Waals surface area (Å²) in [5, 5.41) is 13.7. The molecule has 1 aromatic heterocycles. The smallest absolute Gasteiger partial charge is 0.271 e. The molecule has 0 aliphatic rings. The molecule has 0 aliphatic carbocycles. The highest BCUT2D eigenvalue weighted by Crippen LogP contribution is 2.28. The minimum Gasteiger partial charge on any atom is -0.326 e. The number of nitro benzene ring substituents is 1. The number of rotatable bonds is 4. The molecule has 2 aromatic carbocycles. The van der Waals surface area contributed by atoms with Gasteiger partial charge in [0, 0.05) is 36.9 Å². The number of carbonyl (C=O) groups is 1. The van der Waals surface area contributed by atoms with Gasteiger partial charge in [-0.1, -0.05) is 0 Å². The Morgan fingerprint density at radius 2 is 1.96 bits per heavy atom. The Morgan fingerprint density at radius 1 is 1.25 bits per heavy atom. The zero-order valence-corrected chi connectivity index (χ0v) is 13.3. The predicted octanol–water partition coefficient (Wildman–Crippen LogP) is 3.59. The molecule has 1 N–H and O–H groups in total. The molecule has 7 nitrogen and oxygen atoms in total. The number of hydrogen-bond donors (Lipinski definition) is 1.